The van der Waals surface area contributed by atoms with Gasteiger partial charge in [0.2, 0.25) is 0 Å². The lowest BCUT2D eigenvalue weighted by molar-refractivity contribution is 0.0951. The Morgan fingerprint density at radius 1 is 1.11 bits per heavy atom. The molecule has 0 unspecified atom stereocenters. The van der Waals surface area contributed by atoms with Gasteiger partial charge in [-0.2, -0.15) is 0 Å². The SMILES string of the molecule is Cc1nnsc1C(=O)Nc1sc2c(c1C(=O)NCc1ccccc1)CCCC2. The first-order chi connectivity index (χ1) is 13.6. The second kappa shape index (κ2) is 8.20. The summed E-state index contributed by atoms with van der Waals surface area (Å²) in [6, 6.07) is 9.80. The summed E-state index contributed by atoms with van der Waals surface area (Å²) in [6.07, 6.45) is 4.00. The molecular formula is C20H20N4O2S2. The summed E-state index contributed by atoms with van der Waals surface area (Å²) in [5.41, 5.74) is 3.33. The van der Waals surface area contributed by atoms with Gasteiger partial charge < -0.3 is 10.6 Å². The number of aromatic nitrogens is 2. The van der Waals surface area contributed by atoms with Crippen LogP contribution in [0, 0.1) is 6.92 Å². The van der Waals surface area contributed by atoms with E-state index in [1.54, 1.807) is 6.92 Å². The fourth-order valence-corrected chi connectivity index (χ4v) is 5.19. The highest BCUT2D eigenvalue weighted by Gasteiger charge is 2.27. The van der Waals surface area contributed by atoms with Gasteiger partial charge in [0, 0.05) is 11.4 Å². The van der Waals surface area contributed by atoms with Crippen LogP contribution in [0.25, 0.3) is 0 Å². The van der Waals surface area contributed by atoms with E-state index in [2.05, 4.69) is 20.2 Å². The van der Waals surface area contributed by atoms with E-state index >= 15 is 0 Å². The Morgan fingerprint density at radius 3 is 2.64 bits per heavy atom. The first kappa shape index (κ1) is 18.8. The number of aryl methyl sites for hydroxylation is 2. The van der Waals surface area contributed by atoms with Crippen molar-refractivity contribution in [2.24, 2.45) is 0 Å². The van der Waals surface area contributed by atoms with Crippen molar-refractivity contribution >= 4 is 39.7 Å². The summed E-state index contributed by atoms with van der Waals surface area (Å²) in [4.78, 5) is 27.4. The number of nitrogens with zero attached hydrogens (tertiary/aromatic N) is 2. The van der Waals surface area contributed by atoms with Gasteiger partial charge in [-0.1, -0.05) is 34.8 Å². The van der Waals surface area contributed by atoms with E-state index in [9.17, 15) is 9.59 Å². The second-order valence-corrected chi connectivity index (χ2v) is 8.58. The van der Waals surface area contributed by atoms with E-state index in [1.807, 2.05) is 30.3 Å². The van der Waals surface area contributed by atoms with Crippen LogP contribution in [-0.4, -0.2) is 21.4 Å². The van der Waals surface area contributed by atoms with Crippen molar-refractivity contribution in [3.63, 3.8) is 0 Å². The Morgan fingerprint density at radius 2 is 1.89 bits per heavy atom. The zero-order valence-electron chi connectivity index (χ0n) is 15.4. The number of carbonyl (C=O) groups excluding carboxylic acids is 2. The smallest absolute Gasteiger partial charge is 0.269 e. The van der Waals surface area contributed by atoms with Crippen LogP contribution in [0.15, 0.2) is 30.3 Å². The van der Waals surface area contributed by atoms with Crippen molar-refractivity contribution in [2.45, 2.75) is 39.2 Å². The third-order valence-corrected chi connectivity index (χ3v) is 6.81. The second-order valence-electron chi connectivity index (χ2n) is 6.72. The molecule has 144 valence electrons. The number of anilines is 1. The van der Waals surface area contributed by atoms with Crippen LogP contribution in [0.2, 0.25) is 0 Å². The minimum atomic E-state index is -0.261. The molecule has 0 spiro atoms. The minimum absolute atomic E-state index is 0.141. The highest BCUT2D eigenvalue weighted by atomic mass is 32.1. The number of hydrogen-bond acceptors (Lipinski definition) is 6. The fourth-order valence-electron chi connectivity index (χ4n) is 3.36. The molecule has 8 heteroatoms. The molecule has 0 aliphatic heterocycles. The van der Waals surface area contributed by atoms with Crippen LogP contribution in [0.4, 0.5) is 5.00 Å². The van der Waals surface area contributed by atoms with Crippen molar-refractivity contribution in [2.75, 3.05) is 5.32 Å². The van der Waals surface area contributed by atoms with Gasteiger partial charge in [-0.25, -0.2) is 0 Å². The Hall–Kier alpha value is -2.58. The van der Waals surface area contributed by atoms with Crippen LogP contribution in [0.1, 0.15) is 54.6 Å². The number of benzene rings is 1. The van der Waals surface area contributed by atoms with Crippen LogP contribution < -0.4 is 10.6 Å². The van der Waals surface area contributed by atoms with Gasteiger partial charge in [-0.15, -0.1) is 16.4 Å². The van der Waals surface area contributed by atoms with Crippen LogP contribution in [0.5, 0.6) is 0 Å². The Bertz CT molecular complexity index is 1010. The third kappa shape index (κ3) is 3.83. The van der Waals surface area contributed by atoms with Crippen LogP contribution >= 0.6 is 22.9 Å². The summed E-state index contributed by atoms with van der Waals surface area (Å²) in [5.74, 6) is -0.402. The van der Waals surface area contributed by atoms with Crippen molar-refractivity contribution < 1.29 is 9.59 Å². The van der Waals surface area contributed by atoms with E-state index in [-0.39, 0.29) is 11.8 Å². The number of carbonyl (C=O) groups is 2. The maximum atomic E-state index is 13.0. The van der Waals surface area contributed by atoms with Gasteiger partial charge in [-0.3, -0.25) is 9.59 Å². The lowest BCUT2D eigenvalue weighted by Gasteiger charge is -2.13. The van der Waals surface area contributed by atoms with E-state index < -0.39 is 0 Å². The Balaban J connectivity index is 1.59. The lowest BCUT2D eigenvalue weighted by atomic mass is 9.95. The molecule has 2 N–H and O–H groups in total. The molecular weight excluding hydrogens is 392 g/mol. The summed E-state index contributed by atoms with van der Waals surface area (Å²) in [5, 5.41) is 10.5. The molecule has 0 saturated carbocycles. The van der Waals surface area contributed by atoms with E-state index in [4.69, 9.17) is 0 Å². The molecule has 2 aromatic heterocycles. The van der Waals surface area contributed by atoms with Gasteiger partial charge in [0.1, 0.15) is 9.88 Å². The number of rotatable bonds is 5. The average Bonchev–Trinajstić information content (AvgIpc) is 3.30. The minimum Gasteiger partial charge on any atom is -0.348 e. The number of hydrogen-bond donors (Lipinski definition) is 2. The molecule has 1 aromatic carbocycles. The summed E-state index contributed by atoms with van der Waals surface area (Å²) < 4.78 is 3.83. The first-order valence-corrected chi connectivity index (χ1v) is 10.8. The Kier molecular flexibility index (Phi) is 5.50. The Labute approximate surface area is 171 Å². The molecule has 4 rings (SSSR count). The monoisotopic (exact) mass is 412 g/mol. The van der Waals surface area contributed by atoms with Gasteiger partial charge in [0.05, 0.1) is 11.3 Å². The van der Waals surface area contributed by atoms with Gasteiger partial charge in [0.15, 0.2) is 0 Å². The predicted molar refractivity (Wildman–Crippen MR) is 111 cm³/mol. The van der Waals surface area contributed by atoms with Crippen molar-refractivity contribution in [1.82, 2.24) is 14.9 Å². The van der Waals surface area contributed by atoms with E-state index in [0.717, 1.165) is 48.3 Å². The molecule has 1 aliphatic rings. The molecule has 6 nitrogen and oxygen atoms in total. The highest BCUT2D eigenvalue weighted by molar-refractivity contribution is 7.17. The first-order valence-electron chi connectivity index (χ1n) is 9.20. The van der Waals surface area contributed by atoms with Gasteiger partial charge >= 0.3 is 0 Å². The number of nitrogens with one attached hydrogen (secondary N) is 2. The average molecular weight is 413 g/mol. The number of thiophene rings is 1. The van der Waals surface area contributed by atoms with Gasteiger partial charge in [0.25, 0.3) is 11.8 Å². The zero-order valence-corrected chi connectivity index (χ0v) is 17.1. The quantitative estimate of drug-likeness (QED) is 0.664. The third-order valence-electron chi connectivity index (χ3n) is 4.78. The molecule has 0 atom stereocenters. The van der Waals surface area contributed by atoms with Crippen molar-refractivity contribution in [1.29, 1.82) is 0 Å². The molecule has 0 bridgehead atoms. The molecule has 2 heterocycles. The molecule has 3 aromatic rings. The predicted octanol–water partition coefficient (Wildman–Crippen LogP) is 3.97. The lowest BCUT2D eigenvalue weighted by Crippen LogP contribution is -2.25. The van der Waals surface area contributed by atoms with E-state index in [0.29, 0.717) is 27.7 Å². The molecule has 1 aliphatic carbocycles. The summed E-state index contributed by atoms with van der Waals surface area (Å²) >= 11 is 2.58. The number of fused-ring (bicyclic) bond motifs is 1. The molecule has 0 fully saturated rings. The van der Waals surface area contributed by atoms with Crippen LogP contribution in [0.3, 0.4) is 0 Å². The van der Waals surface area contributed by atoms with Crippen molar-refractivity contribution in [3.8, 4) is 0 Å². The normalized spacial score (nSPS) is 13.0. The van der Waals surface area contributed by atoms with Crippen molar-refractivity contribution in [3.05, 3.63) is 62.5 Å². The molecule has 0 radical (unpaired) electrons. The maximum Gasteiger partial charge on any atom is 0.269 e. The maximum absolute atomic E-state index is 13.0. The highest BCUT2D eigenvalue weighted by Crippen LogP contribution is 2.38. The molecule has 0 saturated heterocycles. The topological polar surface area (TPSA) is 84.0 Å². The molecule has 28 heavy (non-hydrogen) atoms. The largest absolute Gasteiger partial charge is 0.348 e. The summed E-state index contributed by atoms with van der Waals surface area (Å²) in [7, 11) is 0. The summed E-state index contributed by atoms with van der Waals surface area (Å²) in [6.45, 7) is 2.21. The fraction of sp³-hybridized carbons (Fsp3) is 0.300. The van der Waals surface area contributed by atoms with Gasteiger partial charge in [-0.05, 0) is 55.3 Å². The zero-order chi connectivity index (χ0) is 19.5. The van der Waals surface area contributed by atoms with Crippen LogP contribution in [-0.2, 0) is 19.4 Å². The standard InChI is InChI=1S/C20H20N4O2S2/c1-12-17(28-24-23-12)19(26)22-20-16(14-9-5-6-10-15(14)27-20)18(25)21-11-13-7-3-2-4-8-13/h2-4,7-8H,5-6,9-11H2,1H3,(H,21,25)(H,22,26). The van der Waals surface area contributed by atoms with E-state index in [1.165, 1.54) is 16.2 Å². The number of amides is 2. The molecule has 2 amide bonds.